The number of hydrogen-bond donors (Lipinski definition) is 1. The Balaban J connectivity index is 2.50. The fourth-order valence-electron chi connectivity index (χ4n) is 1.69. The molecule has 0 unspecified atom stereocenters. The van der Waals surface area contributed by atoms with Crippen molar-refractivity contribution in [2.24, 2.45) is 0 Å². The molecular formula is C14H21N3O2. The lowest BCUT2D eigenvalue weighted by Crippen LogP contribution is -2.35. The third-order valence-electron chi connectivity index (χ3n) is 2.60. The van der Waals surface area contributed by atoms with Crippen LogP contribution in [-0.2, 0) is 16.1 Å². The molecule has 0 atom stereocenters. The van der Waals surface area contributed by atoms with Crippen LogP contribution in [0, 0.1) is 0 Å². The van der Waals surface area contributed by atoms with Gasteiger partial charge < -0.3 is 10.2 Å². The summed E-state index contributed by atoms with van der Waals surface area (Å²) in [5.74, 6) is -0.0753. The number of nitrogens with one attached hydrogen (secondary N) is 1. The zero-order chi connectivity index (χ0) is 14.3. The highest BCUT2D eigenvalue weighted by molar-refractivity contribution is 5.78. The zero-order valence-electron chi connectivity index (χ0n) is 11.7. The maximum atomic E-state index is 11.6. The van der Waals surface area contributed by atoms with E-state index in [1.165, 1.54) is 6.92 Å². The van der Waals surface area contributed by atoms with Crippen molar-refractivity contribution in [1.82, 2.24) is 15.2 Å². The number of nitrogens with zero attached hydrogens (tertiary/aromatic N) is 2. The number of carbonyl (C=O) groups excluding carboxylic acids is 2. The highest BCUT2D eigenvalue weighted by atomic mass is 16.2. The van der Waals surface area contributed by atoms with Crippen LogP contribution in [0.25, 0.3) is 0 Å². The van der Waals surface area contributed by atoms with Gasteiger partial charge in [-0.3, -0.25) is 14.6 Å². The quantitative estimate of drug-likeness (QED) is 0.842. The predicted octanol–water partition coefficient (Wildman–Crippen LogP) is 1.34. The number of rotatable bonds is 6. The minimum atomic E-state index is -0.0406. The molecule has 0 aliphatic heterocycles. The smallest absolute Gasteiger partial charge is 0.221 e. The molecule has 0 saturated heterocycles. The number of pyridine rings is 1. The highest BCUT2D eigenvalue weighted by Gasteiger charge is 2.12. The number of amides is 2. The first-order valence-corrected chi connectivity index (χ1v) is 6.43. The lowest BCUT2D eigenvalue weighted by atomic mass is 10.2. The van der Waals surface area contributed by atoms with Gasteiger partial charge in [-0.1, -0.05) is 6.07 Å². The van der Waals surface area contributed by atoms with Gasteiger partial charge in [0.25, 0.3) is 0 Å². The van der Waals surface area contributed by atoms with Crippen molar-refractivity contribution in [2.45, 2.75) is 39.8 Å². The standard InChI is InChI=1S/C14H21N3O2/c1-11(2)16-14(19)6-8-17(12(3)18)10-13-5-4-7-15-9-13/h4-5,7,9,11H,6,8,10H2,1-3H3,(H,16,19). The van der Waals surface area contributed by atoms with E-state index in [1.807, 2.05) is 26.0 Å². The molecule has 19 heavy (non-hydrogen) atoms. The molecule has 5 heteroatoms. The summed E-state index contributed by atoms with van der Waals surface area (Å²) in [5, 5.41) is 2.81. The van der Waals surface area contributed by atoms with Gasteiger partial charge in [0.05, 0.1) is 0 Å². The topological polar surface area (TPSA) is 62.3 Å². The molecule has 0 aromatic carbocycles. The molecule has 0 saturated carbocycles. The molecule has 5 nitrogen and oxygen atoms in total. The number of aromatic nitrogens is 1. The second kappa shape index (κ2) is 7.51. The normalized spacial score (nSPS) is 10.3. The van der Waals surface area contributed by atoms with Crippen LogP contribution >= 0.6 is 0 Å². The van der Waals surface area contributed by atoms with Crippen LogP contribution in [0.4, 0.5) is 0 Å². The van der Waals surface area contributed by atoms with Crippen molar-refractivity contribution in [1.29, 1.82) is 0 Å². The van der Waals surface area contributed by atoms with Crippen molar-refractivity contribution in [3.63, 3.8) is 0 Å². The van der Waals surface area contributed by atoms with Crippen molar-refractivity contribution in [3.05, 3.63) is 30.1 Å². The fraction of sp³-hybridized carbons (Fsp3) is 0.500. The summed E-state index contributed by atoms with van der Waals surface area (Å²) in [7, 11) is 0. The van der Waals surface area contributed by atoms with E-state index in [1.54, 1.807) is 17.3 Å². The van der Waals surface area contributed by atoms with E-state index in [0.29, 0.717) is 19.5 Å². The Bertz CT molecular complexity index is 418. The Morgan fingerprint density at radius 3 is 2.68 bits per heavy atom. The Hall–Kier alpha value is -1.91. The van der Waals surface area contributed by atoms with Crippen LogP contribution < -0.4 is 5.32 Å². The van der Waals surface area contributed by atoms with Gasteiger partial charge in [0.1, 0.15) is 0 Å². The maximum absolute atomic E-state index is 11.6. The molecule has 1 N–H and O–H groups in total. The monoisotopic (exact) mass is 263 g/mol. The van der Waals surface area contributed by atoms with Crippen molar-refractivity contribution < 1.29 is 9.59 Å². The lowest BCUT2D eigenvalue weighted by molar-refractivity contribution is -0.130. The van der Waals surface area contributed by atoms with E-state index in [4.69, 9.17) is 0 Å². The largest absolute Gasteiger partial charge is 0.354 e. The summed E-state index contributed by atoms with van der Waals surface area (Å²) in [4.78, 5) is 28.8. The Morgan fingerprint density at radius 2 is 2.16 bits per heavy atom. The Morgan fingerprint density at radius 1 is 1.42 bits per heavy atom. The highest BCUT2D eigenvalue weighted by Crippen LogP contribution is 2.04. The third-order valence-corrected chi connectivity index (χ3v) is 2.60. The second-order valence-corrected chi connectivity index (χ2v) is 4.77. The molecule has 0 bridgehead atoms. The van der Waals surface area contributed by atoms with Crippen LogP contribution in [-0.4, -0.2) is 34.3 Å². The van der Waals surface area contributed by atoms with Crippen molar-refractivity contribution in [2.75, 3.05) is 6.54 Å². The van der Waals surface area contributed by atoms with E-state index in [2.05, 4.69) is 10.3 Å². The average molecular weight is 263 g/mol. The summed E-state index contributed by atoms with van der Waals surface area (Å²) in [6.07, 6.45) is 3.74. The molecule has 104 valence electrons. The zero-order valence-corrected chi connectivity index (χ0v) is 11.7. The van der Waals surface area contributed by atoms with Gasteiger partial charge in [0.2, 0.25) is 11.8 Å². The first kappa shape index (κ1) is 15.1. The van der Waals surface area contributed by atoms with Crippen LogP contribution in [0.2, 0.25) is 0 Å². The molecule has 0 fully saturated rings. The Labute approximate surface area is 114 Å². The number of carbonyl (C=O) groups is 2. The molecule has 0 aliphatic carbocycles. The summed E-state index contributed by atoms with van der Waals surface area (Å²) in [6, 6.07) is 3.87. The van der Waals surface area contributed by atoms with E-state index in [-0.39, 0.29) is 17.9 Å². The first-order chi connectivity index (χ1) is 8.99. The van der Waals surface area contributed by atoms with Crippen LogP contribution in [0.5, 0.6) is 0 Å². The molecule has 2 amide bonds. The fourth-order valence-corrected chi connectivity index (χ4v) is 1.69. The van der Waals surface area contributed by atoms with E-state index >= 15 is 0 Å². The SMILES string of the molecule is CC(=O)N(CCC(=O)NC(C)C)Cc1cccnc1. The van der Waals surface area contributed by atoms with Crippen molar-refractivity contribution in [3.8, 4) is 0 Å². The van der Waals surface area contributed by atoms with E-state index in [0.717, 1.165) is 5.56 Å². The minimum absolute atomic E-state index is 0.0348. The van der Waals surface area contributed by atoms with Gasteiger partial charge in [0.15, 0.2) is 0 Å². The summed E-state index contributed by atoms with van der Waals surface area (Å²) < 4.78 is 0. The van der Waals surface area contributed by atoms with Gasteiger partial charge in [0, 0.05) is 44.9 Å². The average Bonchev–Trinajstić information content (AvgIpc) is 2.34. The maximum Gasteiger partial charge on any atom is 0.221 e. The molecule has 0 aliphatic rings. The van der Waals surface area contributed by atoms with Crippen LogP contribution in [0.15, 0.2) is 24.5 Å². The van der Waals surface area contributed by atoms with Gasteiger partial charge >= 0.3 is 0 Å². The van der Waals surface area contributed by atoms with Crippen LogP contribution in [0.1, 0.15) is 32.8 Å². The molecule has 1 aromatic heterocycles. The van der Waals surface area contributed by atoms with Gasteiger partial charge in [-0.15, -0.1) is 0 Å². The van der Waals surface area contributed by atoms with Gasteiger partial charge in [-0.2, -0.15) is 0 Å². The van der Waals surface area contributed by atoms with Crippen LogP contribution in [0.3, 0.4) is 0 Å². The molecule has 1 heterocycles. The lowest BCUT2D eigenvalue weighted by Gasteiger charge is -2.21. The Kier molecular flexibility index (Phi) is 5.99. The summed E-state index contributed by atoms with van der Waals surface area (Å²) in [6.45, 7) is 6.24. The van der Waals surface area contributed by atoms with E-state index in [9.17, 15) is 9.59 Å². The summed E-state index contributed by atoms with van der Waals surface area (Å²) >= 11 is 0. The molecule has 1 aromatic rings. The molecule has 0 spiro atoms. The van der Waals surface area contributed by atoms with Gasteiger partial charge in [-0.25, -0.2) is 0 Å². The summed E-state index contributed by atoms with van der Waals surface area (Å²) in [5.41, 5.74) is 0.960. The van der Waals surface area contributed by atoms with E-state index < -0.39 is 0 Å². The molecular weight excluding hydrogens is 242 g/mol. The minimum Gasteiger partial charge on any atom is -0.354 e. The predicted molar refractivity (Wildman–Crippen MR) is 73.2 cm³/mol. The van der Waals surface area contributed by atoms with Gasteiger partial charge in [-0.05, 0) is 25.5 Å². The first-order valence-electron chi connectivity index (χ1n) is 6.43. The number of hydrogen-bond acceptors (Lipinski definition) is 3. The molecule has 1 rings (SSSR count). The van der Waals surface area contributed by atoms with Crippen molar-refractivity contribution >= 4 is 11.8 Å². The molecule has 0 radical (unpaired) electrons. The third kappa shape index (κ3) is 5.99. The second-order valence-electron chi connectivity index (χ2n) is 4.77.